The average molecular weight is 343 g/mol. The van der Waals surface area contributed by atoms with Crippen LogP contribution in [-0.4, -0.2) is 33.7 Å². The Labute approximate surface area is 149 Å². The smallest absolute Gasteiger partial charge is 0.263 e. The van der Waals surface area contributed by atoms with Gasteiger partial charge in [0.25, 0.3) is 5.91 Å². The maximum atomic E-state index is 13.2. The number of benzene rings is 1. The first-order valence-corrected chi connectivity index (χ1v) is 10.1. The zero-order valence-electron chi connectivity index (χ0n) is 14.2. The van der Waals surface area contributed by atoms with Crippen molar-refractivity contribution in [1.82, 2.24) is 9.80 Å². The van der Waals surface area contributed by atoms with Gasteiger partial charge in [-0.2, -0.15) is 0 Å². The summed E-state index contributed by atoms with van der Waals surface area (Å²) in [5.74, 6) is 0.248. The van der Waals surface area contributed by atoms with Crippen molar-refractivity contribution in [2.45, 2.75) is 56.4 Å². The Hall–Kier alpha value is -1.42. The molecule has 0 atom stereocenters. The predicted molar refractivity (Wildman–Crippen MR) is 99.3 cm³/mol. The lowest BCUT2D eigenvalue weighted by atomic mass is 9.93. The zero-order chi connectivity index (χ0) is 16.4. The van der Waals surface area contributed by atoms with Gasteiger partial charge in [-0.3, -0.25) is 4.79 Å². The molecule has 2 heterocycles. The third-order valence-electron chi connectivity index (χ3n) is 5.51. The fourth-order valence-electron chi connectivity index (χ4n) is 4.20. The molecule has 1 amide bonds. The summed E-state index contributed by atoms with van der Waals surface area (Å²) in [7, 11) is 0. The van der Waals surface area contributed by atoms with E-state index in [9.17, 15) is 4.79 Å². The largest absolute Gasteiger partial charge is 0.376 e. The van der Waals surface area contributed by atoms with Crippen LogP contribution in [0.25, 0.3) is 0 Å². The van der Waals surface area contributed by atoms with E-state index in [0.29, 0.717) is 0 Å². The fourth-order valence-corrected chi connectivity index (χ4v) is 5.76. The van der Waals surface area contributed by atoms with E-state index < -0.39 is 0 Å². The van der Waals surface area contributed by atoms with Gasteiger partial charge in [0.2, 0.25) is 0 Å². The van der Waals surface area contributed by atoms with Gasteiger partial charge >= 0.3 is 0 Å². The van der Waals surface area contributed by atoms with Crippen LogP contribution in [0.5, 0.6) is 0 Å². The topological polar surface area (TPSA) is 23.6 Å². The van der Waals surface area contributed by atoms with Crippen LogP contribution in [0.2, 0.25) is 0 Å². The molecule has 1 aromatic carbocycles. The van der Waals surface area contributed by atoms with Crippen LogP contribution in [0, 0.1) is 0 Å². The van der Waals surface area contributed by atoms with Crippen LogP contribution < -0.4 is 0 Å². The number of rotatable bonds is 3. The monoisotopic (exact) mass is 342 g/mol. The van der Waals surface area contributed by atoms with Crippen molar-refractivity contribution in [3.63, 3.8) is 0 Å². The molecule has 4 rings (SSSR count). The molecule has 24 heavy (non-hydrogen) atoms. The summed E-state index contributed by atoms with van der Waals surface area (Å²) in [5.41, 5.74) is 1.24. The van der Waals surface area contributed by atoms with Crippen molar-refractivity contribution >= 4 is 17.7 Å². The number of amides is 1. The van der Waals surface area contributed by atoms with E-state index >= 15 is 0 Å². The van der Waals surface area contributed by atoms with Crippen LogP contribution in [-0.2, 0) is 11.3 Å². The molecule has 3 fully saturated rings. The number of carbonyl (C=O) groups is 1. The van der Waals surface area contributed by atoms with Crippen LogP contribution in [0.15, 0.2) is 41.4 Å². The predicted octanol–water partition coefficient (Wildman–Crippen LogP) is 4.36. The molecule has 1 spiro atoms. The van der Waals surface area contributed by atoms with E-state index in [1.54, 1.807) is 0 Å². The first-order valence-electron chi connectivity index (χ1n) is 9.28. The molecular formula is C20H26N2OS. The number of hydrogen-bond acceptors (Lipinski definition) is 3. The molecule has 2 saturated heterocycles. The van der Waals surface area contributed by atoms with Gasteiger partial charge in [-0.1, -0.05) is 61.4 Å². The highest BCUT2D eigenvalue weighted by Gasteiger charge is 2.49. The van der Waals surface area contributed by atoms with Gasteiger partial charge < -0.3 is 9.80 Å². The molecule has 128 valence electrons. The van der Waals surface area contributed by atoms with Crippen molar-refractivity contribution in [3.05, 3.63) is 47.0 Å². The van der Waals surface area contributed by atoms with Crippen molar-refractivity contribution < 1.29 is 4.79 Å². The molecule has 1 aliphatic carbocycles. The van der Waals surface area contributed by atoms with Gasteiger partial charge in [-0.15, -0.1) is 0 Å². The second-order valence-electron chi connectivity index (χ2n) is 7.22. The highest BCUT2D eigenvalue weighted by Crippen LogP contribution is 2.52. The van der Waals surface area contributed by atoms with Gasteiger partial charge in [0.15, 0.2) is 0 Å². The molecule has 1 saturated carbocycles. The quantitative estimate of drug-likeness (QED) is 0.763. The molecule has 0 radical (unpaired) electrons. The average Bonchev–Trinajstić information content (AvgIpc) is 3.20. The van der Waals surface area contributed by atoms with E-state index in [0.717, 1.165) is 37.4 Å². The van der Waals surface area contributed by atoms with Gasteiger partial charge in [0, 0.05) is 25.8 Å². The lowest BCUT2D eigenvalue weighted by Gasteiger charge is -2.40. The summed E-state index contributed by atoms with van der Waals surface area (Å²) in [4.78, 5) is 18.7. The van der Waals surface area contributed by atoms with E-state index in [2.05, 4.69) is 40.3 Å². The fraction of sp³-hybridized carbons (Fsp3) is 0.550. The summed E-state index contributed by atoms with van der Waals surface area (Å²) >= 11 is 1.85. The van der Waals surface area contributed by atoms with Crippen LogP contribution in [0.4, 0.5) is 0 Å². The van der Waals surface area contributed by atoms with Gasteiger partial charge in [-0.25, -0.2) is 0 Å². The van der Waals surface area contributed by atoms with Crippen molar-refractivity contribution in [3.8, 4) is 0 Å². The Balaban J connectivity index is 1.61. The van der Waals surface area contributed by atoms with Gasteiger partial charge in [-0.05, 0) is 31.2 Å². The van der Waals surface area contributed by atoms with E-state index in [4.69, 9.17) is 0 Å². The molecule has 2 aliphatic heterocycles. The van der Waals surface area contributed by atoms with Crippen LogP contribution in [0.1, 0.15) is 50.5 Å². The minimum Gasteiger partial charge on any atom is -0.376 e. The molecule has 3 nitrogen and oxygen atoms in total. The summed E-state index contributed by atoms with van der Waals surface area (Å²) < 4.78 is 0. The standard InChI is InChI=1S/C20H26N2OS/c23-19-18(16-21-13-7-8-14-21)24-20(11-5-2-6-12-20)22(19)15-17-9-3-1-4-10-17/h1,3-4,9-10,16H,2,5-8,11-15H2/b18-16+. The molecule has 1 aromatic rings. The highest BCUT2D eigenvalue weighted by atomic mass is 32.2. The maximum Gasteiger partial charge on any atom is 0.263 e. The SMILES string of the molecule is O=C1/C(=C\N2CCCC2)SC2(CCCCC2)N1Cc1ccccc1. The Morgan fingerprint density at radius 2 is 1.71 bits per heavy atom. The molecule has 0 unspecified atom stereocenters. The summed E-state index contributed by atoms with van der Waals surface area (Å²) in [6.07, 6.45) is 10.7. The number of likely N-dealkylation sites (tertiary alicyclic amines) is 1. The van der Waals surface area contributed by atoms with E-state index in [-0.39, 0.29) is 10.8 Å². The number of hydrogen-bond donors (Lipinski definition) is 0. The van der Waals surface area contributed by atoms with Crippen molar-refractivity contribution in [2.75, 3.05) is 13.1 Å². The Morgan fingerprint density at radius 3 is 2.42 bits per heavy atom. The third kappa shape index (κ3) is 3.08. The Kier molecular flexibility index (Phi) is 4.57. The summed E-state index contributed by atoms with van der Waals surface area (Å²) in [6.45, 7) is 2.94. The van der Waals surface area contributed by atoms with E-state index in [1.807, 2.05) is 17.8 Å². The first-order chi connectivity index (χ1) is 11.8. The summed E-state index contributed by atoms with van der Waals surface area (Å²) in [5, 5.41) is 0. The lowest BCUT2D eigenvalue weighted by Crippen LogP contribution is -2.44. The minimum atomic E-state index is -0.00324. The van der Waals surface area contributed by atoms with Crippen molar-refractivity contribution in [1.29, 1.82) is 0 Å². The minimum absolute atomic E-state index is 0.00324. The maximum absolute atomic E-state index is 13.2. The molecule has 4 heteroatoms. The number of carbonyl (C=O) groups excluding carboxylic acids is 1. The number of nitrogens with zero attached hydrogens (tertiary/aromatic N) is 2. The highest BCUT2D eigenvalue weighted by molar-refractivity contribution is 8.05. The second-order valence-corrected chi connectivity index (χ2v) is 8.63. The van der Waals surface area contributed by atoms with E-state index in [1.165, 1.54) is 37.7 Å². The molecular weight excluding hydrogens is 316 g/mol. The Morgan fingerprint density at radius 1 is 1.00 bits per heavy atom. The molecule has 3 aliphatic rings. The van der Waals surface area contributed by atoms with Crippen LogP contribution >= 0.6 is 11.8 Å². The lowest BCUT2D eigenvalue weighted by molar-refractivity contribution is -0.129. The molecule has 0 bridgehead atoms. The Bertz CT molecular complexity index is 616. The van der Waals surface area contributed by atoms with Crippen molar-refractivity contribution in [2.24, 2.45) is 0 Å². The van der Waals surface area contributed by atoms with Crippen LogP contribution in [0.3, 0.4) is 0 Å². The number of thioether (sulfide) groups is 1. The van der Waals surface area contributed by atoms with Gasteiger partial charge in [0.05, 0.1) is 9.78 Å². The zero-order valence-corrected chi connectivity index (χ0v) is 15.1. The van der Waals surface area contributed by atoms with Gasteiger partial charge in [0.1, 0.15) is 0 Å². The molecule has 0 aromatic heterocycles. The summed E-state index contributed by atoms with van der Waals surface area (Å²) in [6, 6.07) is 10.4. The first kappa shape index (κ1) is 16.1. The second kappa shape index (κ2) is 6.83. The normalized spacial score (nSPS) is 25.2. The molecule has 0 N–H and O–H groups in total. The third-order valence-corrected chi connectivity index (χ3v) is 7.02.